The smallest absolute Gasteiger partial charge is 0.417 e. The van der Waals surface area contributed by atoms with Gasteiger partial charge < -0.3 is 71.4 Å². The van der Waals surface area contributed by atoms with Crippen LogP contribution in [-0.2, 0) is 12.4 Å². The van der Waals surface area contributed by atoms with E-state index in [4.69, 9.17) is 40.8 Å². The van der Waals surface area contributed by atoms with E-state index in [-0.39, 0.29) is 11.4 Å². The van der Waals surface area contributed by atoms with Crippen molar-refractivity contribution in [1.82, 2.24) is 40.5 Å². The maximum Gasteiger partial charge on any atom is 0.417 e. The Hall–Kier alpha value is -12.7. The predicted molar refractivity (Wildman–Crippen MR) is 402 cm³/mol. The Morgan fingerprint density at radius 3 is 1.09 bits per heavy atom. The van der Waals surface area contributed by atoms with Crippen LogP contribution in [0.25, 0.3) is 33.1 Å². The van der Waals surface area contributed by atoms with Gasteiger partial charge in [-0.15, -0.1) is 0 Å². The number of benzene rings is 9. The highest BCUT2D eigenvalue weighted by atomic mass is 35.5. The van der Waals surface area contributed by atoms with Crippen LogP contribution in [0.3, 0.4) is 0 Å². The van der Waals surface area contributed by atoms with E-state index in [1.165, 1.54) is 49.2 Å². The van der Waals surface area contributed by atoms with Crippen molar-refractivity contribution in [2.75, 3.05) is 112 Å². The van der Waals surface area contributed by atoms with E-state index in [1.807, 2.05) is 48.7 Å². The summed E-state index contributed by atoms with van der Waals surface area (Å²) in [5, 5.41) is 21.4. The summed E-state index contributed by atoms with van der Waals surface area (Å²) in [6.45, 7) is 9.09. The number of ether oxygens (including phenoxy) is 3. The number of carbonyl (C=O) groups is 3. The molecule has 108 heavy (non-hydrogen) atoms. The van der Waals surface area contributed by atoms with E-state index in [0.717, 1.165) is 135 Å². The normalized spacial score (nSPS) is 13.6. The lowest BCUT2D eigenvalue weighted by Gasteiger charge is -2.28. The summed E-state index contributed by atoms with van der Waals surface area (Å²) >= 11 is 5.62. The molecule has 3 aromatic heterocycles. The standard InChI is InChI=1S/C26H22ClF3N6O2.C26H23F3N6O2.C25H22FN5O2/c27-21-7-3-17(13-20(21)26(28,29)30)34-25(37)33-16-1-4-18(5-2-16)38-19-6-8-22-23(14-19)35-24(15-32-22)36-11-9-31-10-12-36;27-26(28,29)17-2-1-3-19(14-17)33-25(36)32-18-4-6-20(7-5-18)37-21-8-9-22-23(15-21)34-24(16-31-22)35-12-10-30-11-13-35;26-17-4-3-5-19(14-17)29-25(32)28-18-6-8-20(9-7-18)33-21-10-11-22-23(15-21)30-24(16-27-22)31-12-1-2-13-31/h1-8,13-15,31H,9-12H2,(H2,33,34,37);1-9,14-16,30H,10-13H2,(H2,32,33,36);3-11,14-16H,1-2,12-13H2,(H2,28,29,32). The van der Waals surface area contributed by atoms with Gasteiger partial charge in [0.1, 0.15) is 57.8 Å². The first-order valence-electron chi connectivity index (χ1n) is 34.0. The molecule has 3 aliphatic rings. The number of hydrogen-bond donors (Lipinski definition) is 8. The molecule has 12 aromatic rings. The fourth-order valence-electron chi connectivity index (χ4n) is 11.6. The summed E-state index contributed by atoms with van der Waals surface area (Å²) in [7, 11) is 0. The lowest BCUT2D eigenvalue weighted by atomic mass is 10.2. The summed E-state index contributed by atoms with van der Waals surface area (Å²) in [6, 6.07) is 48.1. The van der Waals surface area contributed by atoms with Crippen LogP contribution in [0.5, 0.6) is 34.5 Å². The number of nitrogens with one attached hydrogen (secondary N) is 8. The molecule has 0 aliphatic carbocycles. The molecular formula is C77H67ClF7N17O6. The zero-order valence-corrected chi connectivity index (χ0v) is 57.9. The number of anilines is 9. The lowest BCUT2D eigenvalue weighted by molar-refractivity contribution is -0.138. The molecule has 31 heteroatoms. The number of carbonyl (C=O) groups excluding carboxylic acids is 3. The topological polar surface area (TPSA) is 262 Å². The van der Waals surface area contributed by atoms with E-state index >= 15 is 0 Å². The van der Waals surface area contributed by atoms with E-state index in [0.29, 0.717) is 62.8 Å². The van der Waals surface area contributed by atoms with Crippen LogP contribution in [0.4, 0.5) is 96.7 Å². The second-order valence-corrected chi connectivity index (χ2v) is 25.1. The highest BCUT2D eigenvalue weighted by molar-refractivity contribution is 6.31. The molecule has 0 spiro atoms. The number of aromatic nitrogens is 6. The number of alkyl halides is 6. The third-order valence-electron chi connectivity index (χ3n) is 16.9. The average molecular weight is 1490 g/mol. The number of urea groups is 3. The summed E-state index contributed by atoms with van der Waals surface area (Å²) in [4.78, 5) is 71.0. The highest BCUT2D eigenvalue weighted by Crippen LogP contribution is 2.38. The minimum atomic E-state index is -4.63. The van der Waals surface area contributed by atoms with Gasteiger partial charge in [-0.05, 0) is 177 Å². The Balaban J connectivity index is 0.000000143. The highest BCUT2D eigenvalue weighted by Gasteiger charge is 2.34. The Bertz CT molecular complexity index is 5170. The minimum absolute atomic E-state index is 0.0341. The summed E-state index contributed by atoms with van der Waals surface area (Å²) in [6.07, 6.45) is -1.38. The summed E-state index contributed by atoms with van der Waals surface area (Å²) in [5.74, 6) is 5.61. The van der Waals surface area contributed by atoms with Crippen molar-refractivity contribution in [1.29, 1.82) is 0 Å². The Morgan fingerprint density at radius 2 is 0.713 bits per heavy atom. The fourth-order valence-corrected chi connectivity index (χ4v) is 11.8. The van der Waals surface area contributed by atoms with Crippen molar-refractivity contribution >= 4 is 114 Å². The van der Waals surface area contributed by atoms with Gasteiger partial charge in [-0.1, -0.05) is 23.7 Å². The van der Waals surface area contributed by atoms with Gasteiger partial charge in [-0.3, -0.25) is 15.0 Å². The van der Waals surface area contributed by atoms with E-state index in [2.05, 4.69) is 72.2 Å². The van der Waals surface area contributed by atoms with Gasteiger partial charge in [0.15, 0.2) is 0 Å². The van der Waals surface area contributed by atoms with Crippen molar-refractivity contribution in [3.05, 3.63) is 235 Å². The molecule has 0 unspecified atom stereocenters. The van der Waals surface area contributed by atoms with Gasteiger partial charge in [0, 0.05) is 118 Å². The Kier molecular flexibility index (Phi) is 22.9. The lowest BCUT2D eigenvalue weighted by Crippen LogP contribution is -2.43. The zero-order valence-electron chi connectivity index (χ0n) is 57.2. The van der Waals surface area contributed by atoms with Gasteiger partial charge in [0.05, 0.1) is 67.8 Å². The summed E-state index contributed by atoms with van der Waals surface area (Å²) < 4.78 is 109. The van der Waals surface area contributed by atoms with E-state index in [9.17, 15) is 45.1 Å². The molecule has 0 bridgehead atoms. The first-order valence-corrected chi connectivity index (χ1v) is 34.4. The number of halogens is 8. The van der Waals surface area contributed by atoms with Crippen molar-refractivity contribution in [3.8, 4) is 34.5 Å². The number of fused-ring (bicyclic) bond motifs is 3. The van der Waals surface area contributed by atoms with E-state index in [1.54, 1.807) is 103 Å². The number of hydrogen-bond acceptors (Lipinski definition) is 17. The molecule has 6 heterocycles. The van der Waals surface area contributed by atoms with Crippen LogP contribution >= 0.6 is 11.6 Å². The first-order chi connectivity index (χ1) is 52.2. The Morgan fingerprint density at radius 1 is 0.370 bits per heavy atom. The molecule has 23 nitrogen and oxygen atoms in total. The number of amides is 6. The fraction of sp³-hybridized carbons (Fsp3) is 0.182. The van der Waals surface area contributed by atoms with Gasteiger partial charge in [0.25, 0.3) is 0 Å². The molecule has 0 atom stereocenters. The van der Waals surface area contributed by atoms with Crippen LogP contribution in [0, 0.1) is 5.82 Å². The van der Waals surface area contributed by atoms with Crippen molar-refractivity contribution < 1.29 is 59.3 Å². The van der Waals surface area contributed by atoms with Crippen LogP contribution in [0.1, 0.15) is 24.0 Å². The average Bonchev–Trinajstić information content (AvgIpc) is 0.825. The van der Waals surface area contributed by atoms with Crippen molar-refractivity contribution in [2.24, 2.45) is 0 Å². The predicted octanol–water partition coefficient (Wildman–Crippen LogP) is 17.4. The van der Waals surface area contributed by atoms with Crippen LogP contribution < -0.4 is 71.4 Å². The molecule has 3 aliphatic heterocycles. The van der Waals surface area contributed by atoms with Crippen LogP contribution in [0.15, 0.2) is 213 Å². The SMILES string of the molecule is O=C(Nc1ccc(Oc2ccc3ncc(N4CCCC4)nc3c2)cc1)Nc1cccc(F)c1.O=C(Nc1ccc(Oc2ccc3ncc(N4CCNCC4)nc3c2)cc1)Nc1ccc(Cl)c(C(F)(F)F)c1.O=C(Nc1ccc(Oc2ccc3ncc(N4CCNCC4)nc3c2)cc1)Nc1cccc(C(F)(F)F)c1. The summed E-state index contributed by atoms with van der Waals surface area (Å²) in [5.41, 5.74) is 4.49. The molecule has 6 amide bonds. The van der Waals surface area contributed by atoms with E-state index < -0.39 is 52.4 Å². The molecule has 552 valence electrons. The van der Waals surface area contributed by atoms with Crippen molar-refractivity contribution in [2.45, 2.75) is 25.2 Å². The number of nitrogens with zero attached hydrogens (tertiary/aromatic N) is 9. The molecule has 9 aromatic carbocycles. The monoisotopic (exact) mass is 1490 g/mol. The Labute approximate surface area is 617 Å². The molecule has 3 saturated heterocycles. The third-order valence-corrected chi connectivity index (χ3v) is 17.2. The zero-order chi connectivity index (χ0) is 75.2. The second kappa shape index (κ2) is 33.6. The maximum absolute atomic E-state index is 13.2. The largest absolute Gasteiger partial charge is 0.457 e. The van der Waals surface area contributed by atoms with Crippen molar-refractivity contribution in [3.63, 3.8) is 0 Å². The molecule has 15 rings (SSSR count). The third kappa shape index (κ3) is 20.0. The van der Waals surface area contributed by atoms with Gasteiger partial charge >= 0.3 is 30.4 Å². The van der Waals surface area contributed by atoms with Gasteiger partial charge in [0.2, 0.25) is 0 Å². The van der Waals surface area contributed by atoms with Gasteiger partial charge in [-0.25, -0.2) is 33.7 Å². The van der Waals surface area contributed by atoms with Crippen LogP contribution in [0.2, 0.25) is 5.02 Å². The second-order valence-electron chi connectivity index (χ2n) is 24.7. The molecular weight excluding hydrogens is 1430 g/mol. The van der Waals surface area contributed by atoms with Gasteiger partial charge in [-0.2, -0.15) is 26.3 Å². The quantitative estimate of drug-likeness (QED) is 0.0444. The molecule has 3 fully saturated rings. The first kappa shape index (κ1) is 73.6. The minimum Gasteiger partial charge on any atom is -0.457 e. The molecule has 0 saturated carbocycles. The number of rotatable bonds is 15. The molecule has 0 radical (unpaired) electrons. The van der Waals surface area contributed by atoms with Crippen LogP contribution in [-0.4, -0.2) is 113 Å². The molecule has 8 N–H and O–H groups in total. The number of piperazine rings is 2. The maximum atomic E-state index is 13.2.